The number of hydrogen-bond acceptors (Lipinski definition) is 2. The average Bonchev–Trinajstić information content (AvgIpc) is 2.38. The molecule has 1 rings (SSSR count). The Balaban J connectivity index is 2.81. The second-order valence-electron chi connectivity index (χ2n) is 3.55. The van der Waals surface area contributed by atoms with Crippen molar-refractivity contribution in [3.8, 4) is 0 Å². The van der Waals surface area contributed by atoms with E-state index in [4.69, 9.17) is 0 Å². The van der Waals surface area contributed by atoms with Gasteiger partial charge in [-0.3, -0.25) is 0 Å². The molecule has 0 saturated carbocycles. The molecule has 0 aliphatic rings. The van der Waals surface area contributed by atoms with E-state index in [0.29, 0.717) is 5.56 Å². The SMILES string of the molecule is C=C/C=C(\C=C)Cc1ccc(C(=O)OC)cc1. The van der Waals surface area contributed by atoms with Crippen molar-refractivity contribution in [2.45, 2.75) is 6.42 Å². The third-order valence-corrected chi connectivity index (χ3v) is 2.38. The largest absolute Gasteiger partial charge is 0.465 e. The van der Waals surface area contributed by atoms with Crippen LogP contribution in [0.3, 0.4) is 0 Å². The first-order valence-electron chi connectivity index (χ1n) is 5.32. The second kappa shape index (κ2) is 6.48. The van der Waals surface area contributed by atoms with Gasteiger partial charge in [-0.15, -0.1) is 0 Å². The molecule has 2 nitrogen and oxygen atoms in total. The minimum atomic E-state index is -0.317. The molecule has 0 aliphatic heterocycles. The van der Waals surface area contributed by atoms with E-state index in [-0.39, 0.29) is 5.97 Å². The lowest BCUT2D eigenvalue weighted by Gasteiger charge is -2.03. The van der Waals surface area contributed by atoms with Gasteiger partial charge in [0.2, 0.25) is 0 Å². The first-order valence-corrected chi connectivity index (χ1v) is 5.32. The number of allylic oxidation sites excluding steroid dienone is 4. The van der Waals surface area contributed by atoms with Gasteiger partial charge in [0.15, 0.2) is 0 Å². The summed E-state index contributed by atoms with van der Waals surface area (Å²) in [5, 5.41) is 0. The Morgan fingerprint density at radius 3 is 2.41 bits per heavy atom. The highest BCUT2D eigenvalue weighted by Crippen LogP contribution is 2.11. The Morgan fingerprint density at radius 2 is 1.94 bits per heavy atom. The summed E-state index contributed by atoms with van der Waals surface area (Å²) in [4.78, 5) is 11.2. The molecule has 1 aromatic rings. The zero-order valence-electron chi connectivity index (χ0n) is 9.98. The van der Waals surface area contributed by atoms with Crippen molar-refractivity contribution in [3.05, 3.63) is 72.4 Å². The van der Waals surface area contributed by atoms with Crippen molar-refractivity contribution < 1.29 is 9.53 Å². The molecule has 1 aromatic carbocycles. The van der Waals surface area contributed by atoms with Crippen molar-refractivity contribution in [1.82, 2.24) is 0 Å². The predicted octanol–water partition coefficient (Wildman–Crippen LogP) is 3.31. The highest BCUT2D eigenvalue weighted by Gasteiger charge is 2.04. The molecule has 2 heteroatoms. The van der Waals surface area contributed by atoms with Gasteiger partial charge < -0.3 is 4.74 Å². The van der Waals surface area contributed by atoms with Crippen LogP contribution in [0, 0.1) is 0 Å². The number of carbonyl (C=O) groups is 1. The Hall–Kier alpha value is -2.09. The van der Waals surface area contributed by atoms with E-state index in [1.165, 1.54) is 7.11 Å². The maximum absolute atomic E-state index is 11.2. The maximum atomic E-state index is 11.2. The Labute approximate surface area is 102 Å². The first-order chi connectivity index (χ1) is 8.21. The van der Waals surface area contributed by atoms with Crippen molar-refractivity contribution >= 4 is 5.97 Å². The molecule has 0 radical (unpaired) electrons. The molecule has 0 aliphatic carbocycles. The molecular weight excluding hydrogens is 212 g/mol. The van der Waals surface area contributed by atoms with E-state index in [9.17, 15) is 4.79 Å². The standard InChI is InChI=1S/C15H16O2/c1-4-6-12(5-2)11-13-7-9-14(10-8-13)15(16)17-3/h4-10H,1-2,11H2,3H3/b12-6+. The minimum absolute atomic E-state index is 0.317. The van der Waals surface area contributed by atoms with Gasteiger partial charge in [-0.2, -0.15) is 0 Å². The Kier molecular flexibility index (Phi) is 4.95. The summed E-state index contributed by atoms with van der Waals surface area (Å²) in [5.74, 6) is -0.317. The summed E-state index contributed by atoms with van der Waals surface area (Å²) in [7, 11) is 1.37. The number of methoxy groups -OCH3 is 1. The van der Waals surface area contributed by atoms with E-state index in [1.807, 2.05) is 18.2 Å². The van der Waals surface area contributed by atoms with Crippen molar-refractivity contribution in [2.75, 3.05) is 7.11 Å². The smallest absolute Gasteiger partial charge is 0.337 e. The number of benzene rings is 1. The Bertz CT molecular complexity index is 438. The zero-order valence-corrected chi connectivity index (χ0v) is 9.98. The van der Waals surface area contributed by atoms with Gasteiger partial charge >= 0.3 is 5.97 Å². The van der Waals surface area contributed by atoms with Crippen molar-refractivity contribution in [1.29, 1.82) is 0 Å². The fraction of sp³-hybridized carbons (Fsp3) is 0.133. The van der Waals surface area contributed by atoms with Crippen LogP contribution in [0.2, 0.25) is 0 Å². The lowest BCUT2D eigenvalue weighted by Crippen LogP contribution is -2.01. The van der Waals surface area contributed by atoms with Gasteiger partial charge in [0, 0.05) is 0 Å². The molecule has 0 unspecified atom stereocenters. The molecule has 0 spiro atoms. The normalized spacial score (nSPS) is 10.8. The van der Waals surface area contributed by atoms with Gasteiger partial charge in [-0.05, 0) is 29.7 Å². The molecule has 17 heavy (non-hydrogen) atoms. The topological polar surface area (TPSA) is 26.3 Å². The van der Waals surface area contributed by atoms with E-state index >= 15 is 0 Å². The molecule has 0 saturated heterocycles. The van der Waals surface area contributed by atoms with Crippen molar-refractivity contribution in [2.24, 2.45) is 0 Å². The quantitative estimate of drug-likeness (QED) is 0.571. The van der Waals surface area contributed by atoms with Gasteiger partial charge in [0.25, 0.3) is 0 Å². The predicted molar refractivity (Wildman–Crippen MR) is 70.0 cm³/mol. The lowest BCUT2D eigenvalue weighted by molar-refractivity contribution is 0.0600. The highest BCUT2D eigenvalue weighted by molar-refractivity contribution is 5.89. The van der Waals surface area contributed by atoms with E-state index in [2.05, 4.69) is 17.9 Å². The molecule has 0 fully saturated rings. The first kappa shape index (κ1) is 13.0. The fourth-order valence-electron chi connectivity index (χ4n) is 1.46. The number of esters is 1. The van der Waals surface area contributed by atoms with Crippen LogP contribution >= 0.6 is 0 Å². The Morgan fingerprint density at radius 1 is 1.29 bits per heavy atom. The molecule has 0 heterocycles. The van der Waals surface area contributed by atoms with E-state index in [1.54, 1.807) is 24.3 Å². The maximum Gasteiger partial charge on any atom is 0.337 e. The van der Waals surface area contributed by atoms with E-state index in [0.717, 1.165) is 17.6 Å². The second-order valence-corrected chi connectivity index (χ2v) is 3.55. The van der Waals surface area contributed by atoms with Crippen LogP contribution in [0.5, 0.6) is 0 Å². The van der Waals surface area contributed by atoms with Gasteiger partial charge in [0.05, 0.1) is 12.7 Å². The van der Waals surface area contributed by atoms with Crippen LogP contribution in [-0.4, -0.2) is 13.1 Å². The van der Waals surface area contributed by atoms with Crippen LogP contribution < -0.4 is 0 Å². The lowest BCUT2D eigenvalue weighted by atomic mass is 10.0. The zero-order chi connectivity index (χ0) is 12.7. The third-order valence-electron chi connectivity index (χ3n) is 2.38. The summed E-state index contributed by atoms with van der Waals surface area (Å²) in [6.07, 6.45) is 6.23. The molecule has 0 atom stereocenters. The number of ether oxygens (including phenoxy) is 1. The summed E-state index contributed by atoms with van der Waals surface area (Å²) in [6.45, 7) is 7.40. The summed E-state index contributed by atoms with van der Waals surface area (Å²) in [6, 6.07) is 7.34. The molecule has 0 bridgehead atoms. The summed E-state index contributed by atoms with van der Waals surface area (Å²) >= 11 is 0. The van der Waals surface area contributed by atoms with E-state index < -0.39 is 0 Å². The number of rotatable bonds is 5. The van der Waals surface area contributed by atoms with Crippen LogP contribution in [0.15, 0.2) is 61.2 Å². The van der Waals surface area contributed by atoms with Crippen LogP contribution in [-0.2, 0) is 11.2 Å². The molecule has 0 aromatic heterocycles. The van der Waals surface area contributed by atoms with Crippen LogP contribution in [0.4, 0.5) is 0 Å². The molecule has 0 N–H and O–H groups in total. The average molecular weight is 228 g/mol. The minimum Gasteiger partial charge on any atom is -0.465 e. The fourth-order valence-corrected chi connectivity index (χ4v) is 1.46. The van der Waals surface area contributed by atoms with Gasteiger partial charge in [-0.1, -0.05) is 43.5 Å². The van der Waals surface area contributed by atoms with Gasteiger partial charge in [0.1, 0.15) is 0 Å². The monoisotopic (exact) mass is 228 g/mol. The summed E-state index contributed by atoms with van der Waals surface area (Å²) in [5.41, 5.74) is 2.76. The molecular formula is C15H16O2. The third kappa shape index (κ3) is 3.76. The highest BCUT2D eigenvalue weighted by atomic mass is 16.5. The van der Waals surface area contributed by atoms with Crippen LogP contribution in [0.1, 0.15) is 15.9 Å². The summed E-state index contributed by atoms with van der Waals surface area (Å²) < 4.78 is 4.64. The van der Waals surface area contributed by atoms with Crippen molar-refractivity contribution in [3.63, 3.8) is 0 Å². The number of carbonyl (C=O) groups excluding carboxylic acids is 1. The molecule has 0 amide bonds. The number of hydrogen-bond donors (Lipinski definition) is 0. The van der Waals surface area contributed by atoms with Crippen LogP contribution in [0.25, 0.3) is 0 Å². The van der Waals surface area contributed by atoms with Gasteiger partial charge in [-0.25, -0.2) is 4.79 Å². The molecule has 88 valence electrons.